The molecule has 1 aliphatic heterocycles. The molecule has 0 bridgehead atoms. The number of carbonyl (C=O) groups excluding carboxylic acids is 1. The Balaban J connectivity index is 0.000000208. The van der Waals surface area contributed by atoms with Crippen molar-refractivity contribution in [1.29, 1.82) is 0 Å². The van der Waals surface area contributed by atoms with Crippen molar-refractivity contribution in [2.75, 3.05) is 61.8 Å². The van der Waals surface area contributed by atoms with Crippen LogP contribution in [0.15, 0.2) is 100 Å². The largest absolute Gasteiger partial charge is 0.495 e. The first-order chi connectivity index (χ1) is 36.9. The van der Waals surface area contributed by atoms with Crippen molar-refractivity contribution in [1.82, 2.24) is 24.9 Å². The lowest BCUT2D eigenvalue weighted by Crippen LogP contribution is -2.39. The van der Waals surface area contributed by atoms with Crippen molar-refractivity contribution in [2.45, 2.75) is 112 Å². The average Bonchev–Trinajstić information content (AvgIpc) is 3.55. The number of carbonyl (C=O) groups is 1. The zero-order valence-corrected chi connectivity index (χ0v) is 48.6. The van der Waals surface area contributed by atoms with Gasteiger partial charge in [-0.25, -0.2) is 26.8 Å². The van der Waals surface area contributed by atoms with Gasteiger partial charge in [0.2, 0.25) is 11.9 Å². The van der Waals surface area contributed by atoms with Gasteiger partial charge in [-0.05, 0) is 132 Å². The standard InChI is InChI=1S/C30H37ClN6O4S.C26H29ClN4O4S/c1-19(2)42(38,39)26-9-7-6-8-23(26)33-28-22(31)18-32-29(35-28)34-24-17-21-20(16-25(24)40-5)10-11-27(30(21,3)4)36-37-12-14-41-15-13-37;1-15(2)36(33,34)22-9-7-6-8-19(22)29-24-18(27)14-28-25(31-24)30-20-13-17-16(12-21(20)35-5)10-11-23(32)26(17,3)4/h6-9,16-19H,10-15H2,1-5H3,(H2,32,33,34,35);6-9,12-15H,10-11H2,1-5H3,(H2,28,29,30,31)/b36-27+;. The third-order valence-corrected chi connectivity index (χ3v) is 19.2. The molecule has 2 aromatic heterocycles. The van der Waals surface area contributed by atoms with Crippen LogP contribution in [0.1, 0.15) is 90.5 Å². The molecule has 78 heavy (non-hydrogen) atoms. The Bertz CT molecular complexity index is 3500. The molecule has 18 nitrogen and oxygen atoms in total. The fraction of sp³-hybridized carbons (Fsp3) is 0.393. The Morgan fingerprint density at radius 3 is 1.50 bits per heavy atom. The van der Waals surface area contributed by atoms with E-state index in [0.29, 0.717) is 60.3 Å². The Kier molecular flexibility index (Phi) is 17.3. The Labute approximate surface area is 467 Å². The molecule has 9 rings (SSSR count). The maximum Gasteiger partial charge on any atom is 0.229 e. The van der Waals surface area contributed by atoms with Crippen molar-refractivity contribution in [3.05, 3.63) is 117 Å². The molecule has 4 aromatic carbocycles. The molecule has 0 amide bonds. The average molecular weight is 1140 g/mol. The minimum atomic E-state index is -3.54. The number of rotatable bonds is 15. The van der Waals surface area contributed by atoms with Gasteiger partial charge in [0.15, 0.2) is 31.3 Å². The minimum Gasteiger partial charge on any atom is -0.495 e. The predicted octanol–water partition coefficient (Wildman–Crippen LogP) is 11.3. The van der Waals surface area contributed by atoms with E-state index >= 15 is 0 Å². The quantitative estimate of drug-likeness (QED) is 0.0749. The summed E-state index contributed by atoms with van der Waals surface area (Å²) in [4.78, 5) is 30.6. The number of aryl methyl sites for hydroxylation is 2. The van der Waals surface area contributed by atoms with Crippen LogP contribution in [0.2, 0.25) is 10.0 Å². The first-order valence-electron chi connectivity index (χ1n) is 25.6. The van der Waals surface area contributed by atoms with Gasteiger partial charge in [0, 0.05) is 23.0 Å². The van der Waals surface area contributed by atoms with Crippen molar-refractivity contribution in [3.8, 4) is 11.5 Å². The van der Waals surface area contributed by atoms with Gasteiger partial charge in [-0.3, -0.25) is 9.80 Å². The number of para-hydroxylation sites is 2. The van der Waals surface area contributed by atoms with Crippen LogP contribution >= 0.6 is 23.2 Å². The van der Waals surface area contributed by atoms with Crippen LogP contribution in [0.3, 0.4) is 0 Å². The summed E-state index contributed by atoms with van der Waals surface area (Å²) in [6.07, 6.45) is 5.80. The topological polar surface area (TPSA) is 228 Å². The highest BCUT2D eigenvalue weighted by atomic mass is 35.5. The normalized spacial score (nSPS) is 16.4. The molecule has 3 aliphatic rings. The number of sulfone groups is 2. The van der Waals surface area contributed by atoms with Crippen molar-refractivity contribution in [3.63, 3.8) is 0 Å². The van der Waals surface area contributed by atoms with Gasteiger partial charge < -0.3 is 35.5 Å². The van der Waals surface area contributed by atoms with Crippen LogP contribution < -0.4 is 30.7 Å². The summed E-state index contributed by atoms with van der Waals surface area (Å²) in [7, 11) is -3.87. The summed E-state index contributed by atoms with van der Waals surface area (Å²) in [5.74, 6) is 2.48. The first kappa shape index (κ1) is 57.6. The predicted molar refractivity (Wildman–Crippen MR) is 308 cm³/mol. The molecule has 0 atom stereocenters. The first-order valence-corrected chi connectivity index (χ1v) is 29.5. The van der Waals surface area contributed by atoms with E-state index < -0.39 is 35.6 Å². The van der Waals surface area contributed by atoms with Crippen LogP contribution in [0.25, 0.3) is 0 Å². The number of halogens is 2. The highest BCUT2D eigenvalue weighted by molar-refractivity contribution is 7.92. The van der Waals surface area contributed by atoms with Crippen LogP contribution in [-0.4, -0.2) is 104 Å². The summed E-state index contributed by atoms with van der Waals surface area (Å²) in [6, 6.07) is 21.3. The number of hydrogen-bond acceptors (Lipinski definition) is 18. The molecule has 0 unspecified atom stereocenters. The smallest absolute Gasteiger partial charge is 0.229 e. The van der Waals surface area contributed by atoms with Crippen LogP contribution in [0.4, 0.5) is 46.3 Å². The van der Waals surface area contributed by atoms with E-state index in [1.54, 1.807) is 90.4 Å². The Morgan fingerprint density at radius 2 is 1.05 bits per heavy atom. The van der Waals surface area contributed by atoms with Crippen molar-refractivity contribution in [2.24, 2.45) is 5.10 Å². The Morgan fingerprint density at radius 1 is 0.615 bits per heavy atom. The van der Waals surface area contributed by atoms with Crippen LogP contribution in [-0.2, 0) is 52.9 Å². The molecule has 2 aliphatic carbocycles. The number of nitrogens with zero attached hydrogens (tertiary/aromatic N) is 6. The zero-order valence-electron chi connectivity index (χ0n) is 45.4. The van der Waals surface area contributed by atoms with E-state index in [0.717, 1.165) is 48.3 Å². The second kappa shape index (κ2) is 23.4. The zero-order chi connectivity index (χ0) is 56.3. The Hall–Kier alpha value is -6.58. The molecular weight excluding hydrogens is 1080 g/mol. The lowest BCUT2D eigenvalue weighted by atomic mass is 9.71. The fourth-order valence-electron chi connectivity index (χ4n) is 9.46. The molecule has 414 valence electrons. The number of fused-ring (bicyclic) bond motifs is 2. The number of methoxy groups -OCH3 is 2. The maximum absolute atomic E-state index is 13.0. The highest BCUT2D eigenvalue weighted by Crippen LogP contribution is 2.43. The van der Waals surface area contributed by atoms with Crippen molar-refractivity contribution < 1.29 is 35.8 Å². The summed E-state index contributed by atoms with van der Waals surface area (Å²) in [5, 5.41) is 19.0. The number of benzene rings is 4. The minimum absolute atomic E-state index is 0.160. The maximum atomic E-state index is 13.0. The lowest BCUT2D eigenvalue weighted by molar-refractivity contribution is -0.124. The molecule has 1 fully saturated rings. The van der Waals surface area contributed by atoms with Crippen LogP contribution in [0, 0.1) is 0 Å². The van der Waals surface area contributed by atoms with Gasteiger partial charge in [-0.1, -0.05) is 61.3 Å². The van der Waals surface area contributed by atoms with E-state index in [4.69, 9.17) is 42.5 Å². The second-order valence-corrected chi connectivity index (χ2v) is 26.4. The summed E-state index contributed by atoms with van der Waals surface area (Å²) < 4.78 is 68.4. The molecule has 4 N–H and O–H groups in total. The summed E-state index contributed by atoms with van der Waals surface area (Å²) >= 11 is 12.8. The number of hydrogen-bond donors (Lipinski definition) is 4. The number of ketones is 1. The van der Waals surface area contributed by atoms with Crippen molar-refractivity contribution >= 4 is 101 Å². The SMILES string of the molecule is COc1cc2c(cc1Nc1ncc(Cl)c(Nc3ccccc3S(=O)(=O)C(C)C)n1)C(C)(C)/C(=N/N1CCOCC1)CC2.COc1cc2c(cc1Nc1ncc(Cl)c(Nc3ccccc3S(=O)(=O)C(C)C)n1)C(C)(C)C(=O)CC2. The molecule has 0 radical (unpaired) electrons. The molecule has 0 saturated carbocycles. The van der Waals surface area contributed by atoms with Gasteiger partial charge in [0.05, 0.1) is 96.0 Å². The molecule has 22 heteroatoms. The van der Waals surface area contributed by atoms with E-state index in [9.17, 15) is 21.6 Å². The molecule has 1 saturated heterocycles. The number of aromatic nitrogens is 4. The van der Waals surface area contributed by atoms with E-state index in [1.807, 2.05) is 26.0 Å². The van der Waals surface area contributed by atoms with Gasteiger partial charge in [0.1, 0.15) is 27.3 Å². The number of ether oxygens (including phenoxy) is 3. The third kappa shape index (κ3) is 12.2. The van der Waals surface area contributed by atoms with Gasteiger partial charge in [-0.2, -0.15) is 15.1 Å². The molecular formula is C56H66Cl2N10O8S2. The number of anilines is 8. The number of morpholine rings is 1. The third-order valence-electron chi connectivity index (χ3n) is 14.2. The molecule has 6 aromatic rings. The molecule has 3 heterocycles. The van der Waals surface area contributed by atoms with E-state index in [2.05, 4.69) is 72.2 Å². The van der Waals surface area contributed by atoms with E-state index in [-0.39, 0.29) is 54.6 Å². The van der Waals surface area contributed by atoms with Gasteiger partial charge >= 0.3 is 0 Å². The van der Waals surface area contributed by atoms with E-state index in [1.165, 1.54) is 18.0 Å². The monoisotopic (exact) mass is 1140 g/mol. The van der Waals surface area contributed by atoms with Gasteiger partial charge in [-0.15, -0.1) is 0 Å². The summed E-state index contributed by atoms with van der Waals surface area (Å²) in [5.41, 5.74) is 6.66. The van der Waals surface area contributed by atoms with Crippen LogP contribution in [0.5, 0.6) is 11.5 Å². The number of nitrogens with one attached hydrogen (secondary N) is 4. The van der Waals surface area contributed by atoms with Gasteiger partial charge in [0.25, 0.3) is 0 Å². The highest BCUT2D eigenvalue weighted by Gasteiger charge is 2.37. The number of Topliss-reactive ketones (excluding diaryl/α,β-unsaturated/α-hetero) is 1. The fourth-order valence-corrected chi connectivity index (χ4v) is 12.1. The lowest BCUT2D eigenvalue weighted by Gasteiger charge is -2.37. The molecule has 0 spiro atoms. The number of hydrazone groups is 1. The summed E-state index contributed by atoms with van der Waals surface area (Å²) in [6.45, 7) is 17.8. The second-order valence-electron chi connectivity index (χ2n) is 20.7.